The summed E-state index contributed by atoms with van der Waals surface area (Å²) in [6.45, 7) is 4.73. The van der Waals surface area contributed by atoms with Gasteiger partial charge in [-0.05, 0) is 136 Å². The highest BCUT2D eigenvalue weighted by molar-refractivity contribution is 6.19. The Kier molecular flexibility index (Phi) is 6.50. The van der Waals surface area contributed by atoms with E-state index >= 15 is 0 Å². The number of fused-ring (bicyclic) bond motifs is 11. The lowest BCUT2D eigenvalue weighted by Gasteiger charge is -2.31. The summed E-state index contributed by atoms with van der Waals surface area (Å²) < 4.78 is 0. The fourth-order valence-electron chi connectivity index (χ4n) is 11.5. The van der Waals surface area contributed by atoms with E-state index in [0.29, 0.717) is 0 Å². The van der Waals surface area contributed by atoms with E-state index in [1.54, 1.807) is 0 Å². The Morgan fingerprint density at radius 1 is 0.339 bits per heavy atom. The molecule has 0 saturated heterocycles. The Labute approximate surface area is 344 Å². The molecule has 1 heteroatoms. The molecule has 13 rings (SSSR count). The monoisotopic (exact) mass is 749 g/mol. The lowest BCUT2D eigenvalue weighted by molar-refractivity contribution is 0.660. The second kappa shape index (κ2) is 11.7. The van der Waals surface area contributed by atoms with Crippen LogP contribution in [0.5, 0.6) is 0 Å². The summed E-state index contributed by atoms with van der Waals surface area (Å²) in [5, 5.41) is 7.82. The Hall–Kier alpha value is -7.22. The van der Waals surface area contributed by atoms with E-state index in [9.17, 15) is 0 Å². The third-order valence-electron chi connectivity index (χ3n) is 14.0. The quantitative estimate of drug-likeness (QED) is 0.162. The lowest BCUT2D eigenvalue weighted by Crippen LogP contribution is -2.26. The standard InChI is InChI=1S/C58H39N/c1-57(2)48-23-11-8-19-43(48)46-30-29-40(35-52(46)57)59(39-16-4-3-5-17-39)54-32-31-41(42-18-6-7-22-47(42)54)38-33-37-28-27-36-15-14-26-51-55(36)56(37)53(34-38)58(51)49-24-12-9-20-44(49)45-21-10-13-25-50(45)58/h3-35H,1-2H3. The summed E-state index contributed by atoms with van der Waals surface area (Å²) in [5.74, 6) is 0. The number of anilines is 3. The maximum absolute atomic E-state index is 2.54. The molecular weight excluding hydrogens is 711 g/mol. The number of rotatable bonds is 4. The molecule has 0 aromatic heterocycles. The SMILES string of the molecule is CC1(C)c2ccccc2-c2ccc(N(c3ccccc3)c3ccc(-c4cc5c6c(ccc7cccc(c76)C56c5ccccc5-c5ccccc56)c4)c4ccccc34)cc21. The van der Waals surface area contributed by atoms with E-state index in [-0.39, 0.29) is 5.41 Å². The maximum atomic E-state index is 2.54. The van der Waals surface area contributed by atoms with Crippen LogP contribution in [0.1, 0.15) is 47.2 Å². The highest BCUT2D eigenvalue weighted by Gasteiger charge is 2.50. The summed E-state index contributed by atoms with van der Waals surface area (Å²) >= 11 is 0. The lowest BCUT2D eigenvalue weighted by atomic mass is 9.69. The summed E-state index contributed by atoms with van der Waals surface area (Å²) in [4.78, 5) is 2.46. The van der Waals surface area contributed by atoms with Crippen molar-refractivity contribution < 1.29 is 0 Å². The van der Waals surface area contributed by atoms with E-state index in [4.69, 9.17) is 0 Å². The molecule has 3 aliphatic carbocycles. The van der Waals surface area contributed by atoms with Crippen molar-refractivity contribution in [1.29, 1.82) is 0 Å². The minimum atomic E-state index is -0.397. The first-order valence-electron chi connectivity index (χ1n) is 20.8. The Morgan fingerprint density at radius 3 is 1.68 bits per heavy atom. The normalized spacial score (nSPS) is 14.5. The van der Waals surface area contributed by atoms with Crippen LogP contribution in [0.25, 0.3) is 65.7 Å². The number of benzene rings is 10. The number of hydrogen-bond acceptors (Lipinski definition) is 1. The predicted molar refractivity (Wildman–Crippen MR) is 248 cm³/mol. The summed E-state index contributed by atoms with van der Waals surface area (Å²) in [7, 11) is 0. The number of para-hydroxylation sites is 1. The van der Waals surface area contributed by atoms with Gasteiger partial charge in [-0.1, -0.05) is 172 Å². The summed E-state index contributed by atoms with van der Waals surface area (Å²) in [6, 6.07) is 75.4. The van der Waals surface area contributed by atoms with E-state index < -0.39 is 5.41 Å². The molecule has 59 heavy (non-hydrogen) atoms. The van der Waals surface area contributed by atoms with Gasteiger partial charge in [-0.15, -0.1) is 0 Å². The number of hydrogen-bond donors (Lipinski definition) is 0. The molecule has 3 aliphatic rings. The molecule has 276 valence electrons. The van der Waals surface area contributed by atoms with Gasteiger partial charge in [0.15, 0.2) is 0 Å². The fourth-order valence-corrected chi connectivity index (χ4v) is 11.5. The third-order valence-corrected chi connectivity index (χ3v) is 14.0. The first-order valence-corrected chi connectivity index (χ1v) is 20.8. The molecule has 0 aliphatic heterocycles. The topological polar surface area (TPSA) is 3.24 Å². The molecule has 0 heterocycles. The van der Waals surface area contributed by atoms with E-state index in [1.807, 2.05) is 0 Å². The smallest absolute Gasteiger partial charge is 0.0726 e. The minimum Gasteiger partial charge on any atom is -0.310 e. The molecule has 0 atom stereocenters. The van der Waals surface area contributed by atoms with Crippen molar-refractivity contribution in [2.24, 2.45) is 0 Å². The van der Waals surface area contributed by atoms with Gasteiger partial charge < -0.3 is 4.90 Å². The molecule has 0 saturated carbocycles. The molecule has 1 spiro atoms. The van der Waals surface area contributed by atoms with E-state index in [1.165, 1.54) is 105 Å². The van der Waals surface area contributed by atoms with Gasteiger partial charge in [-0.3, -0.25) is 0 Å². The van der Waals surface area contributed by atoms with Crippen LogP contribution < -0.4 is 4.90 Å². The first-order chi connectivity index (χ1) is 29.0. The first kappa shape index (κ1) is 32.8. The van der Waals surface area contributed by atoms with E-state index in [2.05, 4.69) is 219 Å². The Balaban J connectivity index is 1.04. The molecule has 0 bridgehead atoms. The van der Waals surface area contributed by atoms with Crippen LogP contribution in [0.4, 0.5) is 17.1 Å². The predicted octanol–water partition coefficient (Wildman–Crippen LogP) is 15.3. The van der Waals surface area contributed by atoms with Gasteiger partial charge in [0.2, 0.25) is 0 Å². The van der Waals surface area contributed by atoms with Gasteiger partial charge in [0.25, 0.3) is 0 Å². The van der Waals surface area contributed by atoms with Crippen LogP contribution in [0.15, 0.2) is 200 Å². The minimum absolute atomic E-state index is 0.101. The Bertz CT molecular complexity index is 3380. The third kappa shape index (κ3) is 4.19. The molecule has 0 fully saturated rings. The molecule has 10 aromatic rings. The average molecular weight is 750 g/mol. The zero-order chi connectivity index (χ0) is 39.0. The van der Waals surface area contributed by atoms with Gasteiger partial charge in [0.1, 0.15) is 0 Å². The van der Waals surface area contributed by atoms with Crippen molar-refractivity contribution in [2.75, 3.05) is 4.90 Å². The summed E-state index contributed by atoms with van der Waals surface area (Å²) in [6.07, 6.45) is 0. The van der Waals surface area contributed by atoms with Crippen molar-refractivity contribution in [3.8, 4) is 33.4 Å². The highest BCUT2D eigenvalue weighted by atomic mass is 15.1. The summed E-state index contributed by atoms with van der Waals surface area (Å²) in [5.41, 5.74) is 19.1. The second-order valence-corrected chi connectivity index (χ2v) is 17.2. The van der Waals surface area contributed by atoms with Crippen molar-refractivity contribution in [2.45, 2.75) is 24.7 Å². The fraction of sp³-hybridized carbons (Fsp3) is 0.0690. The van der Waals surface area contributed by atoms with Crippen molar-refractivity contribution >= 4 is 49.4 Å². The van der Waals surface area contributed by atoms with Crippen molar-refractivity contribution in [3.63, 3.8) is 0 Å². The molecular formula is C58H39N. The van der Waals surface area contributed by atoms with Gasteiger partial charge in [0, 0.05) is 22.2 Å². The molecule has 0 N–H and O–H groups in total. The zero-order valence-electron chi connectivity index (χ0n) is 33.0. The average Bonchev–Trinajstić information content (AvgIpc) is 3.85. The van der Waals surface area contributed by atoms with E-state index in [0.717, 1.165) is 11.4 Å². The van der Waals surface area contributed by atoms with Gasteiger partial charge in [-0.2, -0.15) is 0 Å². The Morgan fingerprint density at radius 2 is 0.915 bits per heavy atom. The van der Waals surface area contributed by atoms with Crippen LogP contribution in [-0.4, -0.2) is 0 Å². The second-order valence-electron chi connectivity index (χ2n) is 17.2. The van der Waals surface area contributed by atoms with Crippen LogP contribution in [0, 0.1) is 0 Å². The zero-order valence-corrected chi connectivity index (χ0v) is 33.0. The molecule has 0 amide bonds. The maximum Gasteiger partial charge on any atom is 0.0726 e. The largest absolute Gasteiger partial charge is 0.310 e. The van der Waals surface area contributed by atoms with Gasteiger partial charge >= 0.3 is 0 Å². The molecule has 0 unspecified atom stereocenters. The van der Waals surface area contributed by atoms with Gasteiger partial charge in [-0.25, -0.2) is 0 Å². The molecule has 10 aromatic carbocycles. The van der Waals surface area contributed by atoms with Crippen LogP contribution in [0.3, 0.4) is 0 Å². The molecule has 0 radical (unpaired) electrons. The van der Waals surface area contributed by atoms with Crippen LogP contribution >= 0.6 is 0 Å². The van der Waals surface area contributed by atoms with Crippen LogP contribution in [0.2, 0.25) is 0 Å². The number of nitrogens with zero attached hydrogens (tertiary/aromatic N) is 1. The van der Waals surface area contributed by atoms with Crippen LogP contribution in [-0.2, 0) is 10.8 Å². The van der Waals surface area contributed by atoms with Gasteiger partial charge in [0.05, 0.1) is 11.1 Å². The van der Waals surface area contributed by atoms with Crippen molar-refractivity contribution in [3.05, 3.63) is 234 Å². The highest BCUT2D eigenvalue weighted by Crippen LogP contribution is 2.63. The van der Waals surface area contributed by atoms with Crippen molar-refractivity contribution in [1.82, 2.24) is 0 Å². The molecule has 1 nitrogen and oxygen atoms in total.